The number of anilines is 1. The van der Waals surface area contributed by atoms with Gasteiger partial charge in [0.2, 0.25) is 0 Å². The Morgan fingerprint density at radius 2 is 1.52 bits per heavy atom. The molecule has 0 radical (unpaired) electrons. The Hall–Kier alpha value is -4.20. The van der Waals surface area contributed by atoms with Crippen LogP contribution in [0.25, 0.3) is 0 Å². The van der Waals surface area contributed by atoms with Crippen molar-refractivity contribution in [1.82, 2.24) is 0 Å². The van der Waals surface area contributed by atoms with Gasteiger partial charge in [0.1, 0.15) is 23.1 Å². The van der Waals surface area contributed by atoms with E-state index in [4.69, 9.17) is 9.47 Å². The number of hydrogen-bond acceptors (Lipinski definition) is 6. The third-order valence-electron chi connectivity index (χ3n) is 4.94. The highest BCUT2D eigenvalue weighted by Gasteiger charge is 2.35. The number of para-hydroxylation sites is 4. The van der Waals surface area contributed by atoms with Gasteiger partial charge >= 0.3 is 5.97 Å². The topological polar surface area (TPSA) is 108 Å². The van der Waals surface area contributed by atoms with E-state index < -0.39 is 28.8 Å². The number of nitrogens with zero attached hydrogens (tertiary/aromatic N) is 1. The van der Waals surface area contributed by atoms with Crippen LogP contribution in [0.2, 0.25) is 0 Å². The number of ether oxygens (including phenoxy) is 2. The Kier molecular flexibility index (Phi) is 5.36. The van der Waals surface area contributed by atoms with Crippen LogP contribution in [0.1, 0.15) is 24.0 Å². The smallest absolute Gasteiger partial charge is 0.318 e. The molecule has 31 heavy (non-hydrogen) atoms. The van der Waals surface area contributed by atoms with Crippen LogP contribution in [0.15, 0.2) is 72.8 Å². The van der Waals surface area contributed by atoms with Gasteiger partial charge in [-0.2, -0.15) is 0 Å². The zero-order chi connectivity index (χ0) is 22.0. The predicted octanol–water partition coefficient (Wildman–Crippen LogP) is 4.40. The summed E-state index contributed by atoms with van der Waals surface area (Å²) >= 11 is 0. The van der Waals surface area contributed by atoms with Crippen molar-refractivity contribution in [2.45, 2.75) is 18.9 Å². The molecule has 0 bridgehead atoms. The Labute approximate surface area is 177 Å². The Balaban J connectivity index is 1.55. The van der Waals surface area contributed by atoms with Gasteiger partial charge in [-0.1, -0.05) is 48.5 Å². The van der Waals surface area contributed by atoms with E-state index in [1.165, 1.54) is 25.1 Å². The summed E-state index contributed by atoms with van der Waals surface area (Å²) in [7, 11) is 0. The molecule has 0 saturated carbocycles. The average Bonchev–Trinajstić information content (AvgIpc) is 2.77. The summed E-state index contributed by atoms with van der Waals surface area (Å²) in [6, 6.07) is 20.0. The maximum Gasteiger partial charge on any atom is 0.318 e. The number of carbonyl (C=O) groups excluding carboxylic acids is 2. The van der Waals surface area contributed by atoms with Crippen molar-refractivity contribution in [1.29, 1.82) is 0 Å². The summed E-state index contributed by atoms with van der Waals surface area (Å²) in [5, 5.41) is 13.6. The lowest BCUT2D eigenvalue weighted by Gasteiger charge is -2.27. The minimum Gasteiger partial charge on any atom is -0.457 e. The van der Waals surface area contributed by atoms with E-state index in [9.17, 15) is 19.7 Å². The first-order valence-corrected chi connectivity index (χ1v) is 9.56. The zero-order valence-electron chi connectivity index (χ0n) is 16.5. The highest BCUT2D eigenvalue weighted by molar-refractivity contribution is 5.97. The standard InChI is InChI=1S/C23H18N2O6/c1-14(22(26)24-17-10-4-5-11-18(17)25(28)29)30-23(27)21-15-8-2-6-12-19(15)31-20-13-7-3-9-16(20)21/h2-14,21H,1H3,(H,24,26). The third-order valence-corrected chi connectivity index (χ3v) is 4.94. The normalized spacial score (nSPS) is 13.2. The van der Waals surface area contributed by atoms with E-state index in [1.807, 2.05) is 0 Å². The van der Waals surface area contributed by atoms with E-state index in [2.05, 4.69) is 5.32 Å². The van der Waals surface area contributed by atoms with Crippen molar-refractivity contribution in [3.05, 3.63) is 94.0 Å². The van der Waals surface area contributed by atoms with E-state index in [-0.39, 0.29) is 11.4 Å². The molecule has 1 unspecified atom stereocenters. The molecule has 0 spiro atoms. The van der Waals surface area contributed by atoms with Crippen LogP contribution in [-0.2, 0) is 14.3 Å². The lowest BCUT2D eigenvalue weighted by Crippen LogP contribution is -2.32. The number of benzene rings is 3. The zero-order valence-corrected chi connectivity index (χ0v) is 16.5. The van der Waals surface area contributed by atoms with Gasteiger partial charge in [-0.15, -0.1) is 0 Å². The summed E-state index contributed by atoms with van der Waals surface area (Å²) in [6.45, 7) is 1.42. The molecular weight excluding hydrogens is 400 g/mol. The minimum absolute atomic E-state index is 0.0298. The average molecular weight is 418 g/mol. The van der Waals surface area contributed by atoms with Crippen molar-refractivity contribution < 1.29 is 24.0 Å². The van der Waals surface area contributed by atoms with Gasteiger partial charge in [-0.25, -0.2) is 0 Å². The van der Waals surface area contributed by atoms with E-state index in [0.717, 1.165) is 0 Å². The molecule has 0 saturated heterocycles. The summed E-state index contributed by atoms with van der Waals surface area (Å²) < 4.78 is 11.3. The monoisotopic (exact) mass is 418 g/mol. The fourth-order valence-electron chi connectivity index (χ4n) is 3.43. The molecule has 8 nitrogen and oxygen atoms in total. The minimum atomic E-state index is -1.17. The predicted molar refractivity (Wildman–Crippen MR) is 112 cm³/mol. The van der Waals surface area contributed by atoms with Gasteiger partial charge in [0.15, 0.2) is 6.10 Å². The molecular formula is C23H18N2O6. The number of amides is 1. The van der Waals surface area contributed by atoms with Crippen molar-refractivity contribution in [2.75, 3.05) is 5.32 Å². The molecule has 156 valence electrons. The van der Waals surface area contributed by atoms with Crippen LogP contribution in [0.4, 0.5) is 11.4 Å². The first-order valence-electron chi connectivity index (χ1n) is 9.56. The number of esters is 1. The maximum absolute atomic E-state index is 13.1. The van der Waals surface area contributed by atoms with Gasteiger partial charge in [0.05, 0.1) is 4.92 Å². The van der Waals surface area contributed by atoms with E-state index in [0.29, 0.717) is 22.6 Å². The number of nitrogens with one attached hydrogen (secondary N) is 1. The number of fused-ring (bicyclic) bond motifs is 2. The summed E-state index contributed by atoms with van der Waals surface area (Å²) in [5.41, 5.74) is 1.05. The van der Waals surface area contributed by atoms with E-state index in [1.54, 1.807) is 54.6 Å². The summed E-state index contributed by atoms with van der Waals surface area (Å²) in [5.74, 6) is -0.965. The van der Waals surface area contributed by atoms with Crippen LogP contribution in [0.5, 0.6) is 11.5 Å². The lowest BCUT2D eigenvalue weighted by atomic mass is 9.88. The molecule has 1 amide bonds. The summed E-state index contributed by atoms with van der Waals surface area (Å²) in [4.78, 5) is 36.2. The fourth-order valence-corrected chi connectivity index (χ4v) is 3.43. The van der Waals surface area contributed by atoms with Crippen molar-refractivity contribution in [3.8, 4) is 11.5 Å². The SMILES string of the molecule is CC(OC(=O)C1c2ccccc2Oc2ccccc21)C(=O)Nc1ccccc1[N+](=O)[O-]. The van der Waals surface area contributed by atoms with Gasteiger partial charge < -0.3 is 14.8 Å². The fraction of sp³-hybridized carbons (Fsp3) is 0.130. The lowest BCUT2D eigenvalue weighted by molar-refractivity contribution is -0.383. The highest BCUT2D eigenvalue weighted by atomic mass is 16.6. The quantitative estimate of drug-likeness (QED) is 0.374. The van der Waals surface area contributed by atoms with Gasteiger partial charge in [-0.05, 0) is 25.1 Å². The second-order valence-corrected chi connectivity index (χ2v) is 6.95. The molecule has 8 heteroatoms. The first kappa shape index (κ1) is 20.1. The molecule has 4 rings (SSSR count). The van der Waals surface area contributed by atoms with Crippen molar-refractivity contribution in [2.24, 2.45) is 0 Å². The van der Waals surface area contributed by atoms with Crippen LogP contribution < -0.4 is 10.1 Å². The number of nitro groups is 1. The van der Waals surface area contributed by atoms with E-state index >= 15 is 0 Å². The van der Waals surface area contributed by atoms with Gasteiger partial charge in [0.25, 0.3) is 11.6 Å². The second-order valence-electron chi connectivity index (χ2n) is 6.95. The van der Waals surface area contributed by atoms with Crippen LogP contribution >= 0.6 is 0 Å². The van der Waals surface area contributed by atoms with Crippen molar-refractivity contribution in [3.63, 3.8) is 0 Å². The van der Waals surface area contributed by atoms with Crippen molar-refractivity contribution >= 4 is 23.3 Å². The molecule has 3 aromatic carbocycles. The molecule has 1 aliphatic heterocycles. The molecule has 1 atom stereocenters. The number of carbonyl (C=O) groups is 2. The Bertz CT molecular complexity index is 1130. The summed E-state index contributed by atoms with van der Waals surface area (Å²) in [6.07, 6.45) is -1.17. The largest absolute Gasteiger partial charge is 0.457 e. The molecule has 1 aliphatic rings. The van der Waals surface area contributed by atoms with Crippen LogP contribution in [0.3, 0.4) is 0 Å². The first-order chi connectivity index (χ1) is 15.0. The second kappa shape index (κ2) is 8.27. The Morgan fingerprint density at radius 1 is 0.968 bits per heavy atom. The third kappa shape index (κ3) is 3.95. The number of rotatable bonds is 5. The molecule has 1 heterocycles. The molecule has 0 aromatic heterocycles. The number of hydrogen-bond donors (Lipinski definition) is 1. The molecule has 0 fully saturated rings. The maximum atomic E-state index is 13.1. The number of nitro benzene ring substituents is 1. The van der Waals surface area contributed by atoms with Gasteiger partial charge in [0, 0.05) is 17.2 Å². The van der Waals surface area contributed by atoms with Gasteiger partial charge in [-0.3, -0.25) is 19.7 Å². The molecule has 3 aromatic rings. The molecule has 1 N–H and O–H groups in total. The highest BCUT2D eigenvalue weighted by Crippen LogP contribution is 2.44. The molecule has 0 aliphatic carbocycles. The Morgan fingerprint density at radius 3 is 2.13 bits per heavy atom. The van der Waals surface area contributed by atoms with Crippen LogP contribution in [0, 0.1) is 10.1 Å². The van der Waals surface area contributed by atoms with Crippen LogP contribution in [-0.4, -0.2) is 22.9 Å².